The topological polar surface area (TPSA) is 197 Å². The van der Waals surface area contributed by atoms with Crippen molar-refractivity contribution in [3.63, 3.8) is 0 Å². The molecule has 10 aromatic rings. The molecule has 6 N–H and O–H groups in total. The fourth-order valence-electron chi connectivity index (χ4n) is 7.69. The largest absolute Gasteiger partial charge is 0.0622 e. The van der Waals surface area contributed by atoms with Crippen molar-refractivity contribution >= 4 is 135 Å². The Bertz CT molecular complexity index is 3570. The smallest absolute Gasteiger partial charge is 0.0134 e. The number of rotatable bonds is 10. The number of nitro benzene ring substituents is 2. The Hall–Kier alpha value is -8.51. The van der Waals surface area contributed by atoms with Crippen LogP contribution in [0.2, 0.25) is 0 Å². The quantitative estimate of drug-likeness (QED) is 0.0197. The predicted molar refractivity (Wildman–Crippen MR) is 365 cm³/mol. The van der Waals surface area contributed by atoms with Gasteiger partial charge in [-0.1, -0.05) is 212 Å². The molecule has 0 aromatic heterocycles. The minimum Gasteiger partial charge on any atom is -0.0622 e. The summed E-state index contributed by atoms with van der Waals surface area (Å²) in [7, 11) is 8.74. The van der Waals surface area contributed by atoms with Crippen molar-refractivity contribution in [2.24, 2.45) is 0 Å². The second-order valence-corrected chi connectivity index (χ2v) is 25.6. The van der Waals surface area contributed by atoms with Crippen molar-refractivity contribution < 1.29 is 35.4 Å². The third kappa shape index (κ3) is 23.9. The van der Waals surface area contributed by atoms with E-state index in [4.69, 9.17) is 36.9 Å². The van der Waals surface area contributed by atoms with E-state index in [-0.39, 0.29) is 44.8 Å². The molecule has 0 atom stereocenters. The molecular formula is C68H57Cl2IN6O6P2Pd. The molecular weight excluding hydrogens is 1360 g/mol. The van der Waals surface area contributed by atoms with Crippen LogP contribution in [0, 0.1) is 48.0 Å². The molecule has 10 aromatic carbocycles. The zero-order chi connectivity index (χ0) is 62.1. The van der Waals surface area contributed by atoms with Crippen LogP contribution in [0.4, 0.5) is 34.1 Å². The van der Waals surface area contributed by atoms with Crippen LogP contribution in [0.1, 0.15) is 30.5 Å². The molecule has 0 fully saturated rings. The van der Waals surface area contributed by atoms with Gasteiger partial charge in [-0.3, -0.25) is 29.8 Å². The second-order valence-electron chi connectivity index (χ2n) is 17.6. The number of terminal acetylenes is 1. The Balaban J connectivity index is 0.000000198. The van der Waals surface area contributed by atoms with Gasteiger partial charge in [0.1, 0.15) is 0 Å². The van der Waals surface area contributed by atoms with Gasteiger partial charge in [0.05, 0.1) is 21.2 Å². The standard InChI is InChI=1S/2C18H15P.C16H13N3O3.C10H9NO.C6H5IN2O2.2ClH.Pd/c2*1-4-10-16(11-5-1)19(17-12-6-2-7-13-17)18-14-8-3-9-15-18;1-11(20)18-14-4-2-3-12(9-14)5-6-13-7-8-15(19(21)22)10-16(13)17;1-3-9-5-4-6-10(7-9)11-8(2)12;7-5-2-1-4(9(10)11)3-6(5)8;;;/h2*1-15H;2-4,7-10H,17H2,1H3,(H,18,20);1,4-7H,2H3,(H,11,12);1-3H,8H2;2*1H;/q;;;;;;;+2/p-2. The number of anilines is 4. The van der Waals surface area contributed by atoms with Crippen LogP contribution in [-0.2, 0) is 25.5 Å². The fourth-order valence-corrected chi connectivity index (χ4v) is 12.6. The Morgan fingerprint density at radius 1 is 0.465 bits per heavy atom. The van der Waals surface area contributed by atoms with Crippen molar-refractivity contribution in [2.45, 2.75) is 13.8 Å². The number of carbonyl (C=O) groups excluding carboxylic acids is 2. The minimum absolute atomic E-state index is 0.0305. The van der Waals surface area contributed by atoms with Gasteiger partial charge in [-0.05, 0) is 119 Å². The molecule has 0 aliphatic rings. The molecule has 0 bridgehead atoms. The van der Waals surface area contributed by atoms with Gasteiger partial charge < -0.3 is 22.1 Å². The van der Waals surface area contributed by atoms with Crippen LogP contribution < -0.4 is 53.9 Å². The number of nitrogens with one attached hydrogen (secondary N) is 2. The number of nitrogens with two attached hydrogens (primary N) is 2. The summed E-state index contributed by atoms with van der Waals surface area (Å²) in [5.74, 6) is 8.01. The molecule has 18 heteroatoms. The molecule has 0 aliphatic heterocycles. The Morgan fingerprint density at radius 2 is 0.779 bits per heavy atom. The van der Waals surface area contributed by atoms with Gasteiger partial charge in [-0.25, -0.2) is 0 Å². The number of non-ortho nitro benzene ring substituents is 2. The van der Waals surface area contributed by atoms with E-state index < -0.39 is 25.7 Å². The third-order valence-corrected chi connectivity index (χ3v) is 17.3. The van der Waals surface area contributed by atoms with Crippen molar-refractivity contribution in [2.75, 3.05) is 22.1 Å². The van der Waals surface area contributed by atoms with Crippen LogP contribution in [-0.4, -0.2) is 21.7 Å². The fraction of sp³-hybridized carbons (Fsp3) is 0.0294. The summed E-state index contributed by atoms with van der Waals surface area (Å²) in [6, 6.07) is 87.4. The number of nitro groups is 2. The molecule has 0 heterocycles. The summed E-state index contributed by atoms with van der Waals surface area (Å²) in [4.78, 5) is 41.6. The summed E-state index contributed by atoms with van der Waals surface area (Å²) in [5, 5.41) is 34.6. The number of carbonyl (C=O) groups is 2. The minimum atomic E-state index is -0.509. The zero-order valence-electron chi connectivity index (χ0n) is 46.3. The van der Waals surface area contributed by atoms with Gasteiger partial charge >= 0.3 is 35.0 Å². The van der Waals surface area contributed by atoms with Crippen LogP contribution in [0.15, 0.2) is 267 Å². The summed E-state index contributed by atoms with van der Waals surface area (Å²) in [6.45, 7) is 2.89. The summed E-state index contributed by atoms with van der Waals surface area (Å²) < 4.78 is 0.827. The summed E-state index contributed by atoms with van der Waals surface area (Å²) >= 11 is 1.91. The molecule has 0 radical (unpaired) electrons. The van der Waals surface area contributed by atoms with Gasteiger partial charge in [-0.2, -0.15) is 0 Å². The monoisotopic (exact) mass is 1420 g/mol. The first-order chi connectivity index (χ1) is 41.6. The van der Waals surface area contributed by atoms with E-state index >= 15 is 0 Å². The maximum atomic E-state index is 11.0. The van der Waals surface area contributed by atoms with E-state index in [1.54, 1.807) is 48.5 Å². The van der Waals surface area contributed by atoms with Gasteiger partial charge in [0.25, 0.3) is 11.4 Å². The third-order valence-electron chi connectivity index (χ3n) is 11.4. The van der Waals surface area contributed by atoms with Crippen molar-refractivity contribution in [3.8, 4) is 24.2 Å². The molecule has 10 rings (SSSR count). The molecule has 0 spiro atoms. The molecule has 436 valence electrons. The van der Waals surface area contributed by atoms with Crippen LogP contribution >= 0.6 is 57.5 Å². The molecule has 0 aliphatic carbocycles. The number of hydrogen-bond acceptors (Lipinski definition) is 8. The molecule has 0 saturated heterocycles. The first kappa shape index (κ1) is 68.3. The van der Waals surface area contributed by atoms with Crippen molar-refractivity contribution in [1.82, 2.24) is 0 Å². The number of halogens is 3. The number of nitrogens with zero attached hydrogens (tertiary/aromatic N) is 2. The van der Waals surface area contributed by atoms with E-state index in [0.29, 0.717) is 22.5 Å². The van der Waals surface area contributed by atoms with Crippen LogP contribution in [0.25, 0.3) is 0 Å². The van der Waals surface area contributed by atoms with Gasteiger partial charge in [0.15, 0.2) is 0 Å². The normalized spacial score (nSPS) is 9.79. The number of benzene rings is 10. The Labute approximate surface area is 533 Å². The average Bonchev–Trinajstić information content (AvgIpc) is 3.50. The predicted octanol–water partition coefficient (Wildman–Crippen LogP) is 14.2. The van der Waals surface area contributed by atoms with Crippen LogP contribution in [0.3, 0.4) is 0 Å². The first-order valence-corrected chi connectivity index (χ1v) is 33.6. The van der Waals surface area contributed by atoms with Gasteiger partial charge in [0, 0.05) is 69.7 Å². The molecule has 86 heavy (non-hydrogen) atoms. The first-order valence-electron chi connectivity index (χ1n) is 25.8. The van der Waals surface area contributed by atoms with Crippen LogP contribution in [0.5, 0.6) is 0 Å². The Kier molecular flexibility index (Phi) is 30.0. The van der Waals surface area contributed by atoms with Gasteiger partial charge in [0.2, 0.25) is 11.8 Å². The van der Waals surface area contributed by atoms with E-state index in [1.165, 1.54) is 76.0 Å². The molecule has 0 unspecified atom stereocenters. The summed E-state index contributed by atoms with van der Waals surface area (Å²) in [6.07, 6.45) is 5.19. The van der Waals surface area contributed by atoms with E-state index in [1.807, 2.05) is 28.7 Å². The number of nitrogen functional groups attached to an aromatic ring is 2. The van der Waals surface area contributed by atoms with E-state index in [9.17, 15) is 29.8 Å². The summed E-state index contributed by atoms with van der Waals surface area (Å²) in [5.41, 5.74) is 15.2. The number of amides is 2. The zero-order valence-corrected chi connectivity index (χ0v) is 53.3. The number of hydrogen-bond donors (Lipinski definition) is 4. The maximum absolute atomic E-state index is 11.0. The molecule has 0 saturated carbocycles. The van der Waals surface area contributed by atoms with E-state index in [2.05, 4.69) is 210 Å². The van der Waals surface area contributed by atoms with Crippen molar-refractivity contribution in [3.05, 3.63) is 307 Å². The van der Waals surface area contributed by atoms with E-state index in [0.717, 1.165) is 14.8 Å². The average molecular weight is 1420 g/mol. The van der Waals surface area contributed by atoms with Crippen molar-refractivity contribution in [1.29, 1.82) is 0 Å². The second kappa shape index (κ2) is 37.7. The molecule has 12 nitrogen and oxygen atoms in total. The van der Waals surface area contributed by atoms with Gasteiger partial charge in [-0.15, -0.1) is 6.42 Å². The Morgan fingerprint density at radius 3 is 1.08 bits per heavy atom. The maximum Gasteiger partial charge on any atom is -0.0134 e. The molecule has 2 amide bonds. The SMILES string of the molecule is C#Cc1cccc(NC(C)=O)c1.CC(=O)Nc1cccc(C#Cc2ccc([N+](=O)[O-])cc2N)c1.Nc1cc([N+](=O)[O-])ccc1I.[Cl][Pd][Cl].c1ccc(P(c2ccccc2)c2ccccc2)cc1.c1ccc(P(c2ccccc2)c2ccccc2)cc1.